The molecular formula is C17H38Cl2N4O2S2. The minimum absolute atomic E-state index is 0. The molecule has 0 aromatic carbocycles. The van der Waals surface area contributed by atoms with Gasteiger partial charge in [0.1, 0.15) is 12.2 Å². The van der Waals surface area contributed by atoms with Crippen molar-refractivity contribution in [3.63, 3.8) is 0 Å². The molecule has 0 fully saturated rings. The van der Waals surface area contributed by atoms with E-state index >= 15 is 0 Å². The van der Waals surface area contributed by atoms with Crippen LogP contribution in [0.15, 0.2) is 0 Å². The molecule has 0 rings (SSSR count). The maximum atomic E-state index is 6.60. The van der Waals surface area contributed by atoms with E-state index in [2.05, 4.69) is 24.5 Å². The normalized spacial score (nSPS) is 14.4. The van der Waals surface area contributed by atoms with Crippen LogP contribution in [0.1, 0.15) is 59.8 Å². The third-order valence-electron chi connectivity index (χ3n) is 4.26. The van der Waals surface area contributed by atoms with Crippen molar-refractivity contribution in [1.29, 1.82) is 0 Å². The summed E-state index contributed by atoms with van der Waals surface area (Å²) in [6.45, 7) is 10.0. The maximum absolute atomic E-state index is 6.60. The highest BCUT2D eigenvalue weighted by Crippen LogP contribution is 2.22. The number of thiocarbonyl (C=S) groups is 2. The molecule has 0 saturated heterocycles. The average Bonchev–Trinajstić information content (AvgIpc) is 2.55. The van der Waals surface area contributed by atoms with Gasteiger partial charge in [0.2, 0.25) is 0 Å². The van der Waals surface area contributed by atoms with Crippen molar-refractivity contribution in [2.75, 3.05) is 19.6 Å². The first-order chi connectivity index (χ1) is 11.8. The fourth-order valence-electron chi connectivity index (χ4n) is 2.35. The molecule has 27 heavy (non-hydrogen) atoms. The molecule has 0 aromatic rings. The number of rotatable bonds is 12. The summed E-state index contributed by atoms with van der Waals surface area (Å²) in [4.78, 5) is 0. The molecule has 0 amide bonds. The zero-order valence-corrected chi connectivity index (χ0v) is 20.2. The van der Waals surface area contributed by atoms with Crippen molar-refractivity contribution in [2.45, 2.75) is 77.5 Å². The van der Waals surface area contributed by atoms with Crippen LogP contribution in [0.4, 0.5) is 0 Å². The molecule has 2 unspecified atom stereocenters. The lowest BCUT2D eigenvalue weighted by Crippen LogP contribution is -2.61. The molecule has 6 nitrogen and oxygen atoms in total. The van der Waals surface area contributed by atoms with E-state index in [0.717, 1.165) is 38.8 Å². The Hall–Kier alpha value is -0.120. The van der Waals surface area contributed by atoms with Gasteiger partial charge in [-0.3, -0.25) is 0 Å². The molecule has 0 aromatic heterocycles. The van der Waals surface area contributed by atoms with Crippen molar-refractivity contribution >= 4 is 59.6 Å². The summed E-state index contributed by atoms with van der Waals surface area (Å²) in [7, 11) is 0. The molecular weight excluding hydrogens is 427 g/mol. The quantitative estimate of drug-likeness (QED) is 0.258. The number of hydrogen-bond acceptors (Lipinski definition) is 6. The summed E-state index contributed by atoms with van der Waals surface area (Å²) in [5.41, 5.74) is 11.6. The maximum Gasteiger partial charge on any atom is 0.256 e. The molecule has 2 atom stereocenters. The third-order valence-corrected chi connectivity index (χ3v) is 4.74. The van der Waals surface area contributed by atoms with E-state index in [9.17, 15) is 0 Å². The minimum atomic E-state index is -0.804. The number of unbranched alkanes of at least 4 members (excludes halogenated alkanes) is 2. The van der Waals surface area contributed by atoms with Crippen LogP contribution < -0.4 is 22.1 Å². The lowest BCUT2D eigenvalue weighted by atomic mass is 9.85. The standard InChI is InChI=1S/C17H36N4O2S2.2ClH/c1-5-7-11-20-15(24)22-13(3)17(19,9-10-18)14(4)23-16(25)21-12-8-6-2;;/h13-14H,5-12,18-19H2,1-4H3,(H,20,24)(H,21,25);2*1H. The first-order valence-corrected chi connectivity index (χ1v) is 10.0. The van der Waals surface area contributed by atoms with Crippen LogP contribution in [0.3, 0.4) is 0 Å². The number of nitrogens with one attached hydrogen (secondary N) is 2. The Labute approximate surface area is 188 Å². The second-order valence-corrected chi connectivity index (χ2v) is 7.05. The second kappa shape index (κ2) is 17.9. The minimum Gasteiger partial charge on any atom is -0.466 e. The Morgan fingerprint density at radius 2 is 1.30 bits per heavy atom. The van der Waals surface area contributed by atoms with E-state index in [1.807, 2.05) is 13.8 Å². The van der Waals surface area contributed by atoms with Gasteiger partial charge in [0.05, 0.1) is 5.54 Å². The summed E-state index contributed by atoms with van der Waals surface area (Å²) in [5, 5.41) is 6.87. The zero-order chi connectivity index (χ0) is 19.3. The molecule has 6 N–H and O–H groups in total. The van der Waals surface area contributed by atoms with Gasteiger partial charge < -0.3 is 31.6 Å². The van der Waals surface area contributed by atoms with Crippen molar-refractivity contribution in [3.05, 3.63) is 0 Å². The molecule has 0 heterocycles. The monoisotopic (exact) mass is 464 g/mol. The SMILES string of the molecule is CCCCNC(=S)OC(C)C(N)(CCN)C(C)OC(=S)NCCCC.Cl.Cl. The fraction of sp³-hybridized carbons (Fsp3) is 0.882. The van der Waals surface area contributed by atoms with E-state index < -0.39 is 5.54 Å². The number of nitrogens with two attached hydrogens (primary N) is 2. The van der Waals surface area contributed by atoms with Gasteiger partial charge in [-0.2, -0.15) is 0 Å². The van der Waals surface area contributed by atoms with Crippen molar-refractivity contribution in [1.82, 2.24) is 10.6 Å². The third kappa shape index (κ3) is 12.9. The number of ether oxygens (including phenoxy) is 2. The van der Waals surface area contributed by atoms with Gasteiger partial charge in [-0.15, -0.1) is 24.8 Å². The van der Waals surface area contributed by atoms with Crippen LogP contribution >= 0.6 is 49.2 Å². The Bertz CT molecular complexity index is 377. The van der Waals surface area contributed by atoms with Crippen molar-refractivity contribution in [3.8, 4) is 0 Å². The van der Waals surface area contributed by atoms with Gasteiger partial charge in [0.25, 0.3) is 10.3 Å². The van der Waals surface area contributed by atoms with Gasteiger partial charge in [-0.05, 0) is 64.1 Å². The highest BCUT2D eigenvalue weighted by atomic mass is 35.5. The van der Waals surface area contributed by atoms with E-state index in [1.54, 1.807) is 0 Å². The summed E-state index contributed by atoms with van der Waals surface area (Å²) in [6, 6.07) is 0. The molecule has 0 aliphatic heterocycles. The molecule has 10 heteroatoms. The fourth-order valence-corrected chi connectivity index (χ4v) is 2.84. The van der Waals surface area contributed by atoms with Gasteiger partial charge in [-0.1, -0.05) is 26.7 Å². The van der Waals surface area contributed by atoms with Crippen molar-refractivity contribution < 1.29 is 9.47 Å². The van der Waals surface area contributed by atoms with E-state index in [0.29, 0.717) is 23.3 Å². The van der Waals surface area contributed by atoms with Gasteiger partial charge in [-0.25, -0.2) is 0 Å². The predicted molar refractivity (Wildman–Crippen MR) is 127 cm³/mol. The van der Waals surface area contributed by atoms with E-state index in [1.165, 1.54) is 0 Å². The van der Waals surface area contributed by atoms with Crippen LogP contribution in [0.2, 0.25) is 0 Å². The zero-order valence-electron chi connectivity index (χ0n) is 16.9. The molecule has 0 bridgehead atoms. The smallest absolute Gasteiger partial charge is 0.256 e. The summed E-state index contributed by atoms with van der Waals surface area (Å²) in [6.07, 6.45) is 4.04. The Balaban J connectivity index is -0.00000288. The van der Waals surface area contributed by atoms with Crippen LogP contribution in [0.25, 0.3) is 0 Å². The Morgan fingerprint density at radius 1 is 0.926 bits per heavy atom. The first kappa shape index (κ1) is 31.6. The van der Waals surface area contributed by atoms with Crippen molar-refractivity contribution in [2.24, 2.45) is 11.5 Å². The highest BCUT2D eigenvalue weighted by Gasteiger charge is 2.41. The molecule has 164 valence electrons. The topological polar surface area (TPSA) is 94.6 Å². The summed E-state index contributed by atoms with van der Waals surface area (Å²) < 4.78 is 11.6. The number of halogens is 2. The van der Waals surface area contributed by atoms with Gasteiger partial charge in [0, 0.05) is 13.1 Å². The van der Waals surface area contributed by atoms with E-state index in [-0.39, 0.29) is 37.0 Å². The Kier molecular flexibility index (Phi) is 21.0. The predicted octanol–water partition coefficient (Wildman–Crippen LogP) is 3.04. The van der Waals surface area contributed by atoms with Crippen LogP contribution in [0, 0.1) is 0 Å². The van der Waals surface area contributed by atoms with Crippen LogP contribution in [-0.4, -0.2) is 47.7 Å². The van der Waals surface area contributed by atoms with Gasteiger partial charge in [0.15, 0.2) is 0 Å². The number of hydrogen-bond donors (Lipinski definition) is 4. The highest BCUT2D eigenvalue weighted by molar-refractivity contribution is 7.80. The molecule has 0 aliphatic carbocycles. The molecule has 0 saturated carbocycles. The lowest BCUT2D eigenvalue weighted by Gasteiger charge is -2.39. The molecule has 0 aliphatic rings. The van der Waals surface area contributed by atoms with Crippen LogP contribution in [0.5, 0.6) is 0 Å². The van der Waals surface area contributed by atoms with Gasteiger partial charge >= 0.3 is 0 Å². The largest absolute Gasteiger partial charge is 0.466 e. The summed E-state index contributed by atoms with van der Waals surface area (Å²) in [5.74, 6) is 0. The van der Waals surface area contributed by atoms with Crippen LogP contribution in [-0.2, 0) is 9.47 Å². The molecule has 0 spiro atoms. The first-order valence-electron chi connectivity index (χ1n) is 9.19. The Morgan fingerprint density at radius 3 is 1.59 bits per heavy atom. The average molecular weight is 466 g/mol. The second-order valence-electron chi connectivity index (χ2n) is 6.31. The summed E-state index contributed by atoms with van der Waals surface area (Å²) >= 11 is 10.5. The van der Waals surface area contributed by atoms with E-state index in [4.69, 9.17) is 45.4 Å². The lowest BCUT2D eigenvalue weighted by molar-refractivity contribution is 0.0168. The molecule has 0 radical (unpaired) electrons.